The third kappa shape index (κ3) is 6.28. The number of nitrogens with one attached hydrogen (secondary N) is 2. The molecule has 1 heterocycles. The predicted molar refractivity (Wildman–Crippen MR) is 119 cm³/mol. The number of aliphatic hydroxyl groups excluding tert-OH is 1. The van der Waals surface area contributed by atoms with Gasteiger partial charge in [-0.15, -0.1) is 11.3 Å². The van der Waals surface area contributed by atoms with Crippen LogP contribution >= 0.6 is 11.3 Å². The fourth-order valence-corrected chi connectivity index (χ4v) is 3.62. The zero-order chi connectivity index (χ0) is 21.3. The fraction of sp³-hybridized carbons (Fsp3) is 0.273. The summed E-state index contributed by atoms with van der Waals surface area (Å²) in [6.07, 6.45) is -0.301. The molecular formula is C22H26N4O3S. The van der Waals surface area contributed by atoms with E-state index in [1.165, 1.54) is 11.3 Å². The summed E-state index contributed by atoms with van der Waals surface area (Å²) in [6, 6.07) is 17.0. The van der Waals surface area contributed by atoms with Crippen molar-refractivity contribution in [2.75, 3.05) is 19.4 Å². The summed E-state index contributed by atoms with van der Waals surface area (Å²) >= 11 is 1.21. The Kier molecular flexibility index (Phi) is 7.78. The van der Waals surface area contributed by atoms with E-state index in [1.807, 2.05) is 54.6 Å². The zero-order valence-corrected chi connectivity index (χ0v) is 17.6. The molecule has 5 N–H and O–H groups in total. The van der Waals surface area contributed by atoms with E-state index in [0.29, 0.717) is 24.6 Å². The van der Waals surface area contributed by atoms with Crippen molar-refractivity contribution in [1.29, 1.82) is 0 Å². The Morgan fingerprint density at radius 2 is 1.97 bits per heavy atom. The van der Waals surface area contributed by atoms with Gasteiger partial charge in [0.05, 0.1) is 19.3 Å². The number of carbonyl (C=O) groups is 1. The van der Waals surface area contributed by atoms with Crippen LogP contribution in [0, 0.1) is 0 Å². The van der Waals surface area contributed by atoms with Gasteiger partial charge < -0.3 is 26.2 Å². The van der Waals surface area contributed by atoms with Gasteiger partial charge in [0.15, 0.2) is 5.13 Å². The number of anilines is 1. The van der Waals surface area contributed by atoms with Crippen molar-refractivity contribution >= 4 is 22.4 Å². The minimum Gasteiger partial charge on any atom is -0.497 e. The quantitative estimate of drug-likeness (QED) is 0.396. The summed E-state index contributed by atoms with van der Waals surface area (Å²) in [4.78, 5) is 16.6. The average Bonchev–Trinajstić information content (AvgIpc) is 3.20. The number of nitrogen functional groups attached to an aromatic ring is 1. The molecule has 3 rings (SSSR count). The molecule has 7 nitrogen and oxygen atoms in total. The lowest BCUT2D eigenvalue weighted by molar-refractivity contribution is 0.0826. The summed E-state index contributed by atoms with van der Waals surface area (Å²) in [5, 5.41) is 18.9. The van der Waals surface area contributed by atoms with E-state index in [0.717, 1.165) is 16.9 Å². The number of methoxy groups -OCH3 is 1. The van der Waals surface area contributed by atoms with Crippen LogP contribution in [0.1, 0.15) is 21.6 Å². The van der Waals surface area contributed by atoms with Gasteiger partial charge in [-0.3, -0.25) is 4.79 Å². The first-order valence-electron chi connectivity index (χ1n) is 9.62. The molecular weight excluding hydrogens is 400 g/mol. The highest BCUT2D eigenvalue weighted by Crippen LogP contribution is 2.14. The second-order valence-corrected chi connectivity index (χ2v) is 7.78. The second-order valence-electron chi connectivity index (χ2n) is 6.89. The first-order chi connectivity index (χ1) is 14.5. The highest BCUT2D eigenvalue weighted by atomic mass is 32.1. The molecule has 2 aromatic carbocycles. The largest absolute Gasteiger partial charge is 0.497 e. The topological polar surface area (TPSA) is 110 Å². The van der Waals surface area contributed by atoms with Crippen LogP contribution in [-0.4, -0.2) is 41.8 Å². The summed E-state index contributed by atoms with van der Waals surface area (Å²) in [7, 11) is 1.63. The maximum atomic E-state index is 12.6. The van der Waals surface area contributed by atoms with Gasteiger partial charge in [-0.1, -0.05) is 42.5 Å². The van der Waals surface area contributed by atoms with Crippen LogP contribution in [0.25, 0.3) is 0 Å². The van der Waals surface area contributed by atoms with Crippen LogP contribution in [0.5, 0.6) is 5.75 Å². The number of ether oxygens (including phenoxy) is 1. The molecule has 2 atom stereocenters. The van der Waals surface area contributed by atoms with Crippen LogP contribution in [0.15, 0.2) is 60.0 Å². The fourth-order valence-electron chi connectivity index (χ4n) is 3.07. The standard InChI is InChI=1S/C22H26N4O3S/c1-29-17-9-5-8-16(10-17)12-24-13-20(27)18(11-15-6-3-2-4-7-15)25-21(28)19-14-30-22(23)26-19/h2-10,14,18,20,24,27H,11-13H2,1H3,(H2,23,26)(H,25,28)/t18-,20+/m0/s1. The molecule has 0 aliphatic carbocycles. The van der Waals surface area contributed by atoms with Gasteiger partial charge in [0.2, 0.25) is 0 Å². The summed E-state index contributed by atoms with van der Waals surface area (Å²) in [6.45, 7) is 0.886. The lowest BCUT2D eigenvalue weighted by Crippen LogP contribution is -2.48. The monoisotopic (exact) mass is 426 g/mol. The molecule has 0 fully saturated rings. The van der Waals surface area contributed by atoms with Crippen molar-refractivity contribution in [3.8, 4) is 5.75 Å². The first kappa shape index (κ1) is 21.8. The van der Waals surface area contributed by atoms with Crippen molar-refractivity contribution in [2.45, 2.75) is 25.1 Å². The minimum atomic E-state index is -0.796. The predicted octanol–water partition coefficient (Wildman–Crippen LogP) is 2.23. The van der Waals surface area contributed by atoms with Crippen molar-refractivity contribution < 1.29 is 14.6 Å². The maximum Gasteiger partial charge on any atom is 0.271 e. The molecule has 0 aliphatic heterocycles. The number of nitrogens with two attached hydrogens (primary N) is 1. The van der Waals surface area contributed by atoms with Crippen LogP contribution < -0.4 is 21.1 Å². The molecule has 0 aliphatic rings. The zero-order valence-electron chi connectivity index (χ0n) is 16.7. The van der Waals surface area contributed by atoms with Gasteiger partial charge >= 0.3 is 0 Å². The number of carbonyl (C=O) groups excluding carboxylic acids is 1. The lowest BCUT2D eigenvalue weighted by Gasteiger charge is -2.24. The van der Waals surface area contributed by atoms with E-state index in [4.69, 9.17) is 10.5 Å². The highest BCUT2D eigenvalue weighted by Gasteiger charge is 2.23. The molecule has 0 unspecified atom stereocenters. The number of thiazole rings is 1. The number of hydrogen-bond acceptors (Lipinski definition) is 7. The number of benzene rings is 2. The summed E-state index contributed by atoms with van der Waals surface area (Å²) in [5.41, 5.74) is 7.95. The molecule has 0 radical (unpaired) electrons. The second kappa shape index (κ2) is 10.7. The Morgan fingerprint density at radius 1 is 1.20 bits per heavy atom. The van der Waals surface area contributed by atoms with Crippen molar-refractivity contribution in [3.63, 3.8) is 0 Å². The number of amides is 1. The van der Waals surface area contributed by atoms with Gasteiger partial charge in [0.25, 0.3) is 5.91 Å². The molecule has 0 saturated heterocycles. The van der Waals surface area contributed by atoms with Crippen LogP contribution in [0.2, 0.25) is 0 Å². The third-order valence-corrected chi connectivity index (χ3v) is 5.32. The molecule has 3 aromatic rings. The normalized spacial score (nSPS) is 12.9. The molecule has 0 bridgehead atoms. The van der Waals surface area contributed by atoms with E-state index >= 15 is 0 Å². The first-order valence-corrected chi connectivity index (χ1v) is 10.5. The van der Waals surface area contributed by atoms with Crippen molar-refractivity contribution in [2.24, 2.45) is 0 Å². The Hall–Kier alpha value is -2.94. The molecule has 158 valence electrons. The molecule has 0 saturated carbocycles. The van der Waals surface area contributed by atoms with Crippen molar-refractivity contribution in [3.05, 3.63) is 76.8 Å². The number of aromatic nitrogens is 1. The molecule has 8 heteroatoms. The van der Waals surface area contributed by atoms with E-state index in [1.54, 1.807) is 12.5 Å². The van der Waals surface area contributed by atoms with Gasteiger partial charge in [-0.2, -0.15) is 0 Å². The number of nitrogens with zero attached hydrogens (tertiary/aromatic N) is 1. The molecule has 1 aromatic heterocycles. The summed E-state index contributed by atoms with van der Waals surface area (Å²) < 4.78 is 5.24. The molecule has 1 amide bonds. The maximum absolute atomic E-state index is 12.6. The van der Waals surface area contributed by atoms with Gasteiger partial charge in [-0.05, 0) is 29.7 Å². The number of aliphatic hydroxyl groups is 1. The van der Waals surface area contributed by atoms with E-state index in [-0.39, 0.29) is 11.6 Å². The van der Waals surface area contributed by atoms with E-state index in [2.05, 4.69) is 15.6 Å². The Morgan fingerprint density at radius 3 is 2.67 bits per heavy atom. The smallest absolute Gasteiger partial charge is 0.271 e. The summed E-state index contributed by atoms with van der Waals surface area (Å²) in [5.74, 6) is 0.433. The van der Waals surface area contributed by atoms with Crippen LogP contribution in [0.3, 0.4) is 0 Å². The Bertz CT molecular complexity index is 948. The Labute approximate surface area is 179 Å². The van der Waals surface area contributed by atoms with Crippen molar-refractivity contribution in [1.82, 2.24) is 15.6 Å². The average molecular weight is 427 g/mol. The minimum absolute atomic E-state index is 0.257. The highest BCUT2D eigenvalue weighted by molar-refractivity contribution is 7.13. The number of hydrogen-bond donors (Lipinski definition) is 4. The van der Waals surface area contributed by atoms with E-state index < -0.39 is 12.1 Å². The third-order valence-electron chi connectivity index (χ3n) is 4.65. The lowest BCUT2D eigenvalue weighted by atomic mass is 10.0. The SMILES string of the molecule is COc1cccc(CNC[C@@H](O)[C@H](Cc2ccccc2)NC(=O)c2csc(N)n2)c1. The van der Waals surface area contributed by atoms with Crippen LogP contribution in [0.4, 0.5) is 5.13 Å². The Balaban J connectivity index is 1.62. The van der Waals surface area contributed by atoms with Gasteiger partial charge in [-0.25, -0.2) is 4.98 Å². The van der Waals surface area contributed by atoms with Gasteiger partial charge in [0.1, 0.15) is 11.4 Å². The number of rotatable bonds is 10. The molecule has 30 heavy (non-hydrogen) atoms. The van der Waals surface area contributed by atoms with Gasteiger partial charge in [0, 0.05) is 18.5 Å². The van der Waals surface area contributed by atoms with Crippen LogP contribution in [-0.2, 0) is 13.0 Å². The molecule has 0 spiro atoms. The van der Waals surface area contributed by atoms with E-state index in [9.17, 15) is 9.90 Å².